The van der Waals surface area contributed by atoms with Crippen LogP contribution in [0, 0.1) is 13.8 Å². The summed E-state index contributed by atoms with van der Waals surface area (Å²) >= 11 is 0. The van der Waals surface area contributed by atoms with Crippen molar-refractivity contribution < 1.29 is 19.6 Å². The molecular formula is C21H27N2O3+. The van der Waals surface area contributed by atoms with Crippen LogP contribution < -0.4 is 10.6 Å². The van der Waals surface area contributed by atoms with Crippen molar-refractivity contribution in [2.75, 3.05) is 19.0 Å². The molecule has 2 aromatic rings. The summed E-state index contributed by atoms with van der Waals surface area (Å²) in [4.78, 5) is 24.2. The molecule has 0 saturated carbocycles. The molecule has 0 radical (unpaired) electrons. The molecule has 1 amide bonds. The molecule has 0 heterocycles. The van der Waals surface area contributed by atoms with Gasteiger partial charge in [0.05, 0.1) is 20.1 Å². The quantitative estimate of drug-likeness (QED) is 0.564. The second kappa shape index (κ2) is 9.73. The van der Waals surface area contributed by atoms with E-state index in [1.165, 1.54) is 7.11 Å². The number of nitrogens with two attached hydrogens (primary N) is 1. The van der Waals surface area contributed by atoms with Crippen LogP contribution in [-0.4, -0.2) is 25.5 Å². The maximum atomic E-state index is 12.9. The van der Waals surface area contributed by atoms with Gasteiger partial charge in [0.15, 0.2) is 6.04 Å². The van der Waals surface area contributed by atoms with Gasteiger partial charge in [-0.1, -0.05) is 42.5 Å². The SMILES string of the molecule is COC(=O)CCC[NH2+][C@@H](C(=O)Nc1cc(C)ccc1C)c1ccccc1. The first kappa shape index (κ1) is 19.7. The van der Waals surface area contributed by atoms with Crippen molar-refractivity contribution >= 4 is 17.6 Å². The number of hydrogen-bond acceptors (Lipinski definition) is 3. The summed E-state index contributed by atoms with van der Waals surface area (Å²) in [5, 5.41) is 5.02. The van der Waals surface area contributed by atoms with Crippen molar-refractivity contribution in [3.05, 3.63) is 65.2 Å². The summed E-state index contributed by atoms with van der Waals surface area (Å²) in [6.45, 7) is 4.64. The van der Waals surface area contributed by atoms with Gasteiger partial charge in [-0.2, -0.15) is 0 Å². The van der Waals surface area contributed by atoms with E-state index in [1.54, 1.807) is 0 Å². The number of carbonyl (C=O) groups is 2. The Morgan fingerprint density at radius 2 is 1.85 bits per heavy atom. The Labute approximate surface area is 154 Å². The summed E-state index contributed by atoms with van der Waals surface area (Å²) in [6.07, 6.45) is 1.01. The molecule has 26 heavy (non-hydrogen) atoms. The molecule has 5 nitrogen and oxygen atoms in total. The molecule has 3 N–H and O–H groups in total. The molecule has 2 rings (SSSR count). The van der Waals surface area contributed by atoms with Crippen LogP contribution in [0.25, 0.3) is 0 Å². The van der Waals surface area contributed by atoms with E-state index in [-0.39, 0.29) is 17.9 Å². The summed E-state index contributed by atoms with van der Waals surface area (Å²) < 4.78 is 4.66. The zero-order valence-corrected chi connectivity index (χ0v) is 15.6. The molecule has 0 unspecified atom stereocenters. The molecule has 0 aliphatic heterocycles. The Bertz CT molecular complexity index is 744. The number of nitrogens with one attached hydrogen (secondary N) is 1. The first-order valence-electron chi connectivity index (χ1n) is 8.84. The molecule has 138 valence electrons. The number of hydrogen-bond donors (Lipinski definition) is 2. The monoisotopic (exact) mass is 355 g/mol. The molecule has 1 atom stereocenters. The standard InChI is InChI=1S/C21H26N2O3/c1-15-11-12-16(2)18(14-15)23-21(25)20(17-8-5-4-6-9-17)22-13-7-10-19(24)26-3/h4-6,8-9,11-12,14,20,22H,7,10,13H2,1-3H3,(H,23,25)/p+1/t20-/m1/s1. The highest BCUT2D eigenvalue weighted by Gasteiger charge is 2.24. The van der Waals surface area contributed by atoms with Gasteiger partial charge in [-0.25, -0.2) is 0 Å². The van der Waals surface area contributed by atoms with Crippen LogP contribution in [-0.2, 0) is 14.3 Å². The molecule has 2 aromatic carbocycles. The maximum Gasteiger partial charge on any atom is 0.305 e. The molecule has 0 aliphatic carbocycles. The number of quaternary nitrogens is 1. The first-order valence-corrected chi connectivity index (χ1v) is 8.84. The van der Waals surface area contributed by atoms with Gasteiger partial charge in [-0.15, -0.1) is 0 Å². The lowest BCUT2D eigenvalue weighted by Crippen LogP contribution is -2.87. The van der Waals surface area contributed by atoms with Gasteiger partial charge in [0.2, 0.25) is 0 Å². The topological polar surface area (TPSA) is 72.0 Å². The Balaban J connectivity index is 2.08. The van der Waals surface area contributed by atoms with E-state index in [0.717, 1.165) is 22.4 Å². The fraction of sp³-hybridized carbons (Fsp3) is 0.333. The largest absolute Gasteiger partial charge is 0.469 e. The van der Waals surface area contributed by atoms with E-state index < -0.39 is 0 Å². The number of aryl methyl sites for hydroxylation is 2. The summed E-state index contributed by atoms with van der Waals surface area (Å²) in [6, 6.07) is 15.3. The summed E-state index contributed by atoms with van der Waals surface area (Å²) in [7, 11) is 1.39. The van der Waals surface area contributed by atoms with Crippen molar-refractivity contribution in [3.8, 4) is 0 Å². The van der Waals surface area contributed by atoms with Gasteiger partial charge in [0, 0.05) is 17.7 Å². The minimum Gasteiger partial charge on any atom is -0.469 e. The van der Waals surface area contributed by atoms with Gasteiger partial charge in [-0.3, -0.25) is 9.59 Å². The molecule has 0 fully saturated rings. The Morgan fingerprint density at radius 1 is 1.12 bits per heavy atom. The van der Waals surface area contributed by atoms with Crippen molar-refractivity contribution in [3.63, 3.8) is 0 Å². The molecule has 5 heteroatoms. The van der Waals surface area contributed by atoms with Crippen LogP contribution in [0.3, 0.4) is 0 Å². The Morgan fingerprint density at radius 3 is 2.54 bits per heavy atom. The number of esters is 1. The van der Waals surface area contributed by atoms with Crippen LogP contribution in [0.1, 0.15) is 35.6 Å². The predicted molar refractivity (Wildman–Crippen MR) is 102 cm³/mol. The van der Waals surface area contributed by atoms with Crippen LogP contribution >= 0.6 is 0 Å². The molecule has 0 spiro atoms. The average molecular weight is 355 g/mol. The second-order valence-electron chi connectivity index (χ2n) is 6.40. The zero-order chi connectivity index (χ0) is 18.9. The van der Waals surface area contributed by atoms with Crippen LogP contribution in [0.4, 0.5) is 5.69 Å². The molecule has 0 aliphatic rings. The van der Waals surface area contributed by atoms with Crippen molar-refractivity contribution in [1.82, 2.24) is 0 Å². The minimum absolute atomic E-state index is 0.0667. The minimum atomic E-state index is -0.367. The first-order chi connectivity index (χ1) is 12.5. The van der Waals surface area contributed by atoms with Crippen LogP contribution in [0.15, 0.2) is 48.5 Å². The molecule has 0 saturated heterocycles. The van der Waals surface area contributed by atoms with E-state index in [0.29, 0.717) is 19.4 Å². The number of methoxy groups -OCH3 is 1. The van der Waals surface area contributed by atoms with Gasteiger partial charge >= 0.3 is 5.97 Å². The van der Waals surface area contributed by atoms with Crippen LogP contribution in [0.5, 0.6) is 0 Å². The number of ether oxygens (including phenoxy) is 1. The highest BCUT2D eigenvalue weighted by Crippen LogP contribution is 2.18. The third kappa shape index (κ3) is 5.70. The predicted octanol–water partition coefficient (Wildman–Crippen LogP) is 2.50. The number of benzene rings is 2. The third-order valence-electron chi connectivity index (χ3n) is 4.31. The van der Waals surface area contributed by atoms with Gasteiger partial charge in [0.25, 0.3) is 5.91 Å². The van der Waals surface area contributed by atoms with E-state index in [1.807, 2.05) is 67.7 Å². The van der Waals surface area contributed by atoms with E-state index in [2.05, 4.69) is 10.1 Å². The maximum absolute atomic E-state index is 12.9. The summed E-state index contributed by atoms with van der Waals surface area (Å²) in [5.41, 5.74) is 3.90. The lowest BCUT2D eigenvalue weighted by Gasteiger charge is -2.17. The van der Waals surface area contributed by atoms with Crippen molar-refractivity contribution in [2.45, 2.75) is 32.7 Å². The third-order valence-corrected chi connectivity index (χ3v) is 4.31. The van der Waals surface area contributed by atoms with E-state index >= 15 is 0 Å². The highest BCUT2D eigenvalue weighted by atomic mass is 16.5. The second-order valence-corrected chi connectivity index (χ2v) is 6.40. The summed E-state index contributed by atoms with van der Waals surface area (Å²) in [5.74, 6) is -0.294. The van der Waals surface area contributed by atoms with Crippen LogP contribution in [0.2, 0.25) is 0 Å². The number of anilines is 1. The normalized spacial score (nSPS) is 11.7. The Kier molecular flexibility index (Phi) is 7.36. The van der Waals surface area contributed by atoms with Crippen molar-refractivity contribution in [2.24, 2.45) is 0 Å². The number of carbonyl (C=O) groups excluding carboxylic acids is 2. The fourth-order valence-electron chi connectivity index (χ4n) is 2.77. The fourth-order valence-corrected chi connectivity index (χ4v) is 2.77. The van der Waals surface area contributed by atoms with E-state index in [4.69, 9.17) is 0 Å². The number of amides is 1. The molecule has 0 bridgehead atoms. The lowest BCUT2D eigenvalue weighted by atomic mass is 10.0. The molecule has 0 aromatic heterocycles. The Hall–Kier alpha value is -2.66. The van der Waals surface area contributed by atoms with Gasteiger partial charge in [-0.05, 0) is 31.0 Å². The highest BCUT2D eigenvalue weighted by molar-refractivity contribution is 5.95. The van der Waals surface area contributed by atoms with Crippen molar-refractivity contribution in [1.29, 1.82) is 0 Å². The zero-order valence-electron chi connectivity index (χ0n) is 15.6. The average Bonchev–Trinajstić information content (AvgIpc) is 2.65. The lowest BCUT2D eigenvalue weighted by molar-refractivity contribution is -0.682. The smallest absolute Gasteiger partial charge is 0.305 e. The van der Waals surface area contributed by atoms with E-state index in [9.17, 15) is 9.59 Å². The number of rotatable bonds is 8. The van der Waals surface area contributed by atoms with Gasteiger partial charge in [0.1, 0.15) is 0 Å². The van der Waals surface area contributed by atoms with Gasteiger partial charge < -0.3 is 15.4 Å². The molecular weight excluding hydrogens is 328 g/mol.